The Kier molecular flexibility index (Phi) is 7.98. The third-order valence-electron chi connectivity index (χ3n) is 3.29. The first kappa shape index (κ1) is 17.6. The van der Waals surface area contributed by atoms with Crippen LogP contribution in [0.2, 0.25) is 0 Å². The number of halogens is 1. The molecule has 21 heavy (non-hydrogen) atoms. The summed E-state index contributed by atoms with van der Waals surface area (Å²) in [6, 6.07) is 5.55. The van der Waals surface area contributed by atoms with E-state index in [1.807, 2.05) is 23.1 Å². The van der Waals surface area contributed by atoms with Gasteiger partial charge in [0.25, 0.3) is 0 Å². The highest BCUT2D eigenvalue weighted by molar-refractivity contribution is 6.18. The molecule has 1 aromatic carbocycles. The van der Waals surface area contributed by atoms with Gasteiger partial charge in [-0.25, -0.2) is 0 Å². The lowest BCUT2D eigenvalue weighted by Gasteiger charge is -2.21. The zero-order valence-corrected chi connectivity index (χ0v) is 13.8. The molecule has 1 rings (SSSR count). The molecule has 0 fully saturated rings. The van der Waals surface area contributed by atoms with Gasteiger partial charge in [0.15, 0.2) is 11.5 Å². The largest absolute Gasteiger partial charge is 0.493 e. The van der Waals surface area contributed by atoms with Crippen LogP contribution in [0, 0.1) is 0 Å². The van der Waals surface area contributed by atoms with Crippen molar-refractivity contribution in [2.45, 2.75) is 26.2 Å². The molecule has 4 nitrogen and oxygen atoms in total. The van der Waals surface area contributed by atoms with Crippen LogP contribution in [0.15, 0.2) is 18.2 Å². The van der Waals surface area contributed by atoms with Crippen LogP contribution in [-0.4, -0.2) is 44.0 Å². The maximum atomic E-state index is 12.4. The standard InChI is InChI=1S/C16H24ClNO3/c1-4-5-9-18(10-8-17)16(19)12-13-6-7-14(20-2)15(11-13)21-3/h6-7,11H,4-5,8-10,12H2,1-3H3. The molecule has 0 heterocycles. The summed E-state index contributed by atoms with van der Waals surface area (Å²) >= 11 is 5.78. The second kappa shape index (κ2) is 9.50. The Labute approximate surface area is 132 Å². The number of carbonyl (C=O) groups excluding carboxylic acids is 1. The first-order valence-electron chi connectivity index (χ1n) is 7.20. The van der Waals surface area contributed by atoms with E-state index >= 15 is 0 Å². The highest BCUT2D eigenvalue weighted by Gasteiger charge is 2.14. The van der Waals surface area contributed by atoms with E-state index in [4.69, 9.17) is 21.1 Å². The van der Waals surface area contributed by atoms with Crippen LogP contribution in [0.4, 0.5) is 0 Å². The third kappa shape index (κ3) is 5.46. The molecule has 0 bridgehead atoms. The summed E-state index contributed by atoms with van der Waals surface area (Å²) in [4.78, 5) is 14.2. The van der Waals surface area contributed by atoms with E-state index in [0.29, 0.717) is 30.3 Å². The van der Waals surface area contributed by atoms with E-state index in [-0.39, 0.29) is 5.91 Å². The number of methoxy groups -OCH3 is 2. The van der Waals surface area contributed by atoms with E-state index in [0.717, 1.165) is 24.9 Å². The van der Waals surface area contributed by atoms with Crippen molar-refractivity contribution in [3.8, 4) is 11.5 Å². The van der Waals surface area contributed by atoms with E-state index < -0.39 is 0 Å². The Bertz CT molecular complexity index is 451. The molecule has 0 atom stereocenters. The van der Waals surface area contributed by atoms with Crippen molar-refractivity contribution in [2.24, 2.45) is 0 Å². The number of amides is 1. The molecule has 0 aromatic heterocycles. The zero-order chi connectivity index (χ0) is 15.7. The van der Waals surface area contributed by atoms with Crippen LogP contribution < -0.4 is 9.47 Å². The molecule has 0 radical (unpaired) electrons. The summed E-state index contributed by atoms with van der Waals surface area (Å²) in [5, 5.41) is 0. The number of carbonyl (C=O) groups is 1. The predicted molar refractivity (Wildman–Crippen MR) is 85.5 cm³/mol. The van der Waals surface area contributed by atoms with Crippen molar-refractivity contribution in [1.82, 2.24) is 4.90 Å². The fourth-order valence-corrected chi connectivity index (χ4v) is 2.29. The maximum absolute atomic E-state index is 12.4. The lowest BCUT2D eigenvalue weighted by Crippen LogP contribution is -2.34. The highest BCUT2D eigenvalue weighted by atomic mass is 35.5. The summed E-state index contributed by atoms with van der Waals surface area (Å²) in [6.07, 6.45) is 2.40. The van der Waals surface area contributed by atoms with Gasteiger partial charge in [0.05, 0.1) is 20.6 Å². The molecule has 0 saturated carbocycles. The molecule has 5 heteroatoms. The SMILES string of the molecule is CCCCN(CCCl)C(=O)Cc1ccc(OC)c(OC)c1. The van der Waals surface area contributed by atoms with Crippen molar-refractivity contribution >= 4 is 17.5 Å². The Morgan fingerprint density at radius 3 is 2.48 bits per heavy atom. The summed E-state index contributed by atoms with van der Waals surface area (Å²) in [7, 11) is 3.18. The van der Waals surface area contributed by atoms with Crippen molar-refractivity contribution in [3.63, 3.8) is 0 Å². The molecule has 1 amide bonds. The second-order valence-electron chi connectivity index (χ2n) is 4.79. The molecular formula is C16H24ClNO3. The second-order valence-corrected chi connectivity index (χ2v) is 5.17. The van der Waals surface area contributed by atoms with E-state index in [9.17, 15) is 4.79 Å². The predicted octanol–water partition coefficient (Wildman–Crippen LogP) is 3.11. The first-order chi connectivity index (χ1) is 10.2. The van der Waals surface area contributed by atoms with Crippen LogP contribution in [0.25, 0.3) is 0 Å². The van der Waals surface area contributed by atoms with Crippen LogP contribution in [0.5, 0.6) is 11.5 Å². The van der Waals surface area contributed by atoms with Crippen molar-refractivity contribution < 1.29 is 14.3 Å². The minimum absolute atomic E-state index is 0.0938. The lowest BCUT2D eigenvalue weighted by atomic mass is 10.1. The van der Waals surface area contributed by atoms with Crippen molar-refractivity contribution in [3.05, 3.63) is 23.8 Å². The average Bonchev–Trinajstić information content (AvgIpc) is 2.51. The summed E-state index contributed by atoms with van der Waals surface area (Å²) in [5.41, 5.74) is 0.911. The number of hydrogen-bond acceptors (Lipinski definition) is 3. The van der Waals surface area contributed by atoms with Crippen molar-refractivity contribution in [2.75, 3.05) is 33.2 Å². The van der Waals surface area contributed by atoms with Crippen molar-refractivity contribution in [1.29, 1.82) is 0 Å². The molecule has 0 spiro atoms. The van der Waals surface area contributed by atoms with Crippen LogP contribution in [0.1, 0.15) is 25.3 Å². The van der Waals surface area contributed by atoms with E-state index in [2.05, 4.69) is 6.92 Å². The van der Waals surface area contributed by atoms with Gasteiger partial charge in [0, 0.05) is 19.0 Å². The Morgan fingerprint density at radius 2 is 1.90 bits per heavy atom. The molecule has 0 aliphatic carbocycles. The van der Waals surface area contributed by atoms with Gasteiger partial charge < -0.3 is 14.4 Å². The normalized spacial score (nSPS) is 10.3. The highest BCUT2D eigenvalue weighted by Crippen LogP contribution is 2.27. The molecule has 1 aromatic rings. The molecular weight excluding hydrogens is 290 g/mol. The molecule has 0 saturated heterocycles. The van der Waals surface area contributed by atoms with Gasteiger partial charge in [-0.3, -0.25) is 4.79 Å². The summed E-state index contributed by atoms with van der Waals surface area (Å²) in [5.74, 6) is 1.86. The number of nitrogens with zero attached hydrogens (tertiary/aromatic N) is 1. The van der Waals surface area contributed by atoms with Gasteiger partial charge in [0.2, 0.25) is 5.91 Å². The van der Waals surface area contributed by atoms with Gasteiger partial charge in [0.1, 0.15) is 0 Å². The smallest absolute Gasteiger partial charge is 0.227 e. The lowest BCUT2D eigenvalue weighted by molar-refractivity contribution is -0.130. The minimum Gasteiger partial charge on any atom is -0.493 e. The topological polar surface area (TPSA) is 38.8 Å². The van der Waals surface area contributed by atoms with Crippen LogP contribution >= 0.6 is 11.6 Å². The number of unbranched alkanes of at least 4 members (excludes halogenated alkanes) is 1. The number of hydrogen-bond donors (Lipinski definition) is 0. The number of ether oxygens (including phenoxy) is 2. The van der Waals surface area contributed by atoms with Crippen LogP contribution in [0.3, 0.4) is 0 Å². The number of alkyl halides is 1. The summed E-state index contributed by atoms with van der Waals surface area (Å²) in [6.45, 7) is 3.46. The fourth-order valence-electron chi connectivity index (χ4n) is 2.09. The fraction of sp³-hybridized carbons (Fsp3) is 0.562. The molecule has 0 N–H and O–H groups in total. The van der Waals surface area contributed by atoms with E-state index in [1.165, 1.54) is 0 Å². The van der Waals surface area contributed by atoms with Gasteiger partial charge in [-0.2, -0.15) is 0 Å². The van der Waals surface area contributed by atoms with E-state index in [1.54, 1.807) is 14.2 Å². The van der Waals surface area contributed by atoms with Gasteiger partial charge >= 0.3 is 0 Å². The Balaban J connectivity index is 2.75. The Morgan fingerprint density at radius 1 is 1.19 bits per heavy atom. The maximum Gasteiger partial charge on any atom is 0.227 e. The van der Waals surface area contributed by atoms with Gasteiger partial charge in [-0.1, -0.05) is 19.4 Å². The number of benzene rings is 1. The first-order valence-corrected chi connectivity index (χ1v) is 7.74. The average molecular weight is 314 g/mol. The molecule has 0 aliphatic heterocycles. The molecule has 0 unspecified atom stereocenters. The minimum atomic E-state index is 0.0938. The monoisotopic (exact) mass is 313 g/mol. The van der Waals surface area contributed by atoms with Crippen LogP contribution in [-0.2, 0) is 11.2 Å². The third-order valence-corrected chi connectivity index (χ3v) is 3.46. The molecule has 118 valence electrons. The van der Waals surface area contributed by atoms with Gasteiger partial charge in [-0.15, -0.1) is 11.6 Å². The summed E-state index contributed by atoms with van der Waals surface area (Å²) < 4.78 is 10.5. The Hall–Kier alpha value is -1.42. The van der Waals surface area contributed by atoms with Gasteiger partial charge in [-0.05, 0) is 24.1 Å². The quantitative estimate of drug-likeness (QED) is 0.658. The zero-order valence-electron chi connectivity index (χ0n) is 13.0. The molecule has 0 aliphatic rings. The number of rotatable bonds is 9.